The molecule has 25 heavy (non-hydrogen) atoms. The van der Waals surface area contributed by atoms with Gasteiger partial charge in [-0.25, -0.2) is 15.4 Å². The van der Waals surface area contributed by atoms with Gasteiger partial charge in [-0.1, -0.05) is 12.1 Å². The lowest BCUT2D eigenvalue weighted by atomic mass is 10.1. The number of anilines is 1. The molecule has 2 amide bonds. The van der Waals surface area contributed by atoms with Crippen LogP contribution in [0.25, 0.3) is 10.9 Å². The summed E-state index contributed by atoms with van der Waals surface area (Å²) < 4.78 is 0. The first-order valence-electron chi connectivity index (χ1n) is 8.32. The molecule has 1 saturated heterocycles. The number of fused-ring (bicyclic) bond motifs is 1. The SMILES string of the molecule is O=C1CCC(C(=O)N2CCN(c3ncnc4ccccc34)CC2)=NN1. The van der Waals surface area contributed by atoms with Crippen LogP contribution in [0.4, 0.5) is 5.82 Å². The highest BCUT2D eigenvalue weighted by Gasteiger charge is 2.27. The predicted molar refractivity (Wildman–Crippen MR) is 93.1 cm³/mol. The molecule has 1 aromatic heterocycles. The van der Waals surface area contributed by atoms with Gasteiger partial charge in [-0.2, -0.15) is 5.10 Å². The van der Waals surface area contributed by atoms with Gasteiger partial charge in [-0.05, 0) is 12.1 Å². The van der Waals surface area contributed by atoms with Gasteiger partial charge < -0.3 is 9.80 Å². The average Bonchev–Trinajstić information content (AvgIpc) is 2.68. The largest absolute Gasteiger partial charge is 0.352 e. The minimum absolute atomic E-state index is 0.0906. The number of hydrazone groups is 1. The molecule has 3 heterocycles. The zero-order valence-electron chi connectivity index (χ0n) is 13.7. The van der Waals surface area contributed by atoms with Crippen molar-refractivity contribution in [1.82, 2.24) is 20.3 Å². The maximum atomic E-state index is 12.5. The fourth-order valence-corrected chi connectivity index (χ4v) is 3.17. The van der Waals surface area contributed by atoms with Gasteiger partial charge in [0, 0.05) is 44.4 Å². The van der Waals surface area contributed by atoms with E-state index in [9.17, 15) is 9.59 Å². The molecule has 0 radical (unpaired) electrons. The van der Waals surface area contributed by atoms with Gasteiger partial charge in [-0.15, -0.1) is 0 Å². The first kappa shape index (κ1) is 15.5. The van der Waals surface area contributed by atoms with Crippen LogP contribution in [0.15, 0.2) is 35.7 Å². The van der Waals surface area contributed by atoms with Crippen molar-refractivity contribution < 1.29 is 9.59 Å². The first-order chi connectivity index (χ1) is 12.2. The molecule has 1 fully saturated rings. The number of nitrogens with one attached hydrogen (secondary N) is 1. The molecule has 0 aliphatic carbocycles. The zero-order valence-corrected chi connectivity index (χ0v) is 13.7. The number of hydrogen-bond donors (Lipinski definition) is 1. The molecular weight excluding hydrogens is 320 g/mol. The van der Waals surface area contributed by atoms with Crippen molar-refractivity contribution in [3.05, 3.63) is 30.6 Å². The van der Waals surface area contributed by atoms with Gasteiger partial charge in [0.15, 0.2) is 0 Å². The topological polar surface area (TPSA) is 90.8 Å². The predicted octanol–water partition coefficient (Wildman–Crippen LogP) is 0.544. The van der Waals surface area contributed by atoms with Crippen LogP contribution in [0.1, 0.15) is 12.8 Å². The number of carbonyl (C=O) groups is 2. The molecule has 4 rings (SSSR count). The van der Waals surface area contributed by atoms with Crippen molar-refractivity contribution in [2.24, 2.45) is 5.10 Å². The van der Waals surface area contributed by atoms with Crippen molar-refractivity contribution in [3.63, 3.8) is 0 Å². The van der Waals surface area contributed by atoms with E-state index in [-0.39, 0.29) is 11.8 Å². The smallest absolute Gasteiger partial charge is 0.270 e. The monoisotopic (exact) mass is 338 g/mol. The molecule has 0 unspecified atom stereocenters. The summed E-state index contributed by atoms with van der Waals surface area (Å²) in [6.45, 7) is 2.60. The van der Waals surface area contributed by atoms with E-state index in [0.29, 0.717) is 44.7 Å². The summed E-state index contributed by atoms with van der Waals surface area (Å²) >= 11 is 0. The lowest BCUT2D eigenvalue weighted by Crippen LogP contribution is -2.51. The van der Waals surface area contributed by atoms with Crippen LogP contribution >= 0.6 is 0 Å². The molecule has 1 N–H and O–H groups in total. The van der Waals surface area contributed by atoms with E-state index in [0.717, 1.165) is 16.7 Å². The Morgan fingerprint density at radius 1 is 1.04 bits per heavy atom. The fraction of sp³-hybridized carbons (Fsp3) is 0.353. The summed E-state index contributed by atoms with van der Waals surface area (Å²) in [4.78, 5) is 36.4. The third-order valence-electron chi connectivity index (χ3n) is 4.54. The molecule has 2 aliphatic rings. The van der Waals surface area contributed by atoms with Gasteiger partial charge in [0.2, 0.25) is 5.91 Å². The number of rotatable bonds is 2. The summed E-state index contributed by atoms with van der Waals surface area (Å²) in [6, 6.07) is 7.92. The molecule has 0 saturated carbocycles. The van der Waals surface area contributed by atoms with E-state index < -0.39 is 0 Å². The van der Waals surface area contributed by atoms with E-state index >= 15 is 0 Å². The van der Waals surface area contributed by atoms with Crippen LogP contribution in [-0.4, -0.2) is 58.6 Å². The van der Waals surface area contributed by atoms with Crippen molar-refractivity contribution in [2.45, 2.75) is 12.8 Å². The Morgan fingerprint density at radius 3 is 2.60 bits per heavy atom. The number of aromatic nitrogens is 2. The molecule has 0 bridgehead atoms. The highest BCUT2D eigenvalue weighted by Crippen LogP contribution is 2.23. The molecule has 8 heteroatoms. The number of benzene rings is 1. The molecule has 0 atom stereocenters. The Balaban J connectivity index is 1.46. The highest BCUT2D eigenvalue weighted by molar-refractivity contribution is 6.39. The Labute approximate surface area is 144 Å². The summed E-state index contributed by atoms with van der Waals surface area (Å²) in [5.74, 6) is 0.671. The van der Waals surface area contributed by atoms with Gasteiger partial charge in [0.05, 0.1) is 5.52 Å². The third kappa shape index (κ3) is 3.02. The van der Waals surface area contributed by atoms with Crippen LogP contribution in [0.3, 0.4) is 0 Å². The molecule has 2 aromatic rings. The number of nitrogens with zero attached hydrogens (tertiary/aromatic N) is 5. The highest BCUT2D eigenvalue weighted by atomic mass is 16.2. The zero-order chi connectivity index (χ0) is 17.2. The minimum atomic E-state index is -0.142. The van der Waals surface area contributed by atoms with Gasteiger partial charge in [-0.3, -0.25) is 9.59 Å². The summed E-state index contributed by atoms with van der Waals surface area (Å²) in [5, 5.41) is 4.91. The second-order valence-electron chi connectivity index (χ2n) is 6.09. The number of para-hydroxylation sites is 1. The minimum Gasteiger partial charge on any atom is -0.352 e. The van der Waals surface area contributed by atoms with Crippen LogP contribution in [0, 0.1) is 0 Å². The maximum absolute atomic E-state index is 12.5. The number of amides is 2. The Hall–Kier alpha value is -3.03. The molecule has 8 nitrogen and oxygen atoms in total. The summed E-state index contributed by atoms with van der Waals surface area (Å²) in [5.41, 5.74) is 3.73. The standard InChI is InChI=1S/C17H18N6O2/c24-15-6-5-14(20-21-15)17(25)23-9-7-22(8-10-23)16-12-3-1-2-4-13(12)18-11-19-16/h1-4,11H,5-10H2,(H,21,24). The first-order valence-corrected chi connectivity index (χ1v) is 8.32. The van der Waals surface area contributed by atoms with E-state index in [1.54, 1.807) is 11.2 Å². The van der Waals surface area contributed by atoms with Crippen LogP contribution in [0.2, 0.25) is 0 Å². The van der Waals surface area contributed by atoms with E-state index in [1.165, 1.54) is 0 Å². The van der Waals surface area contributed by atoms with Crippen LogP contribution in [-0.2, 0) is 9.59 Å². The van der Waals surface area contributed by atoms with Crippen molar-refractivity contribution in [3.8, 4) is 0 Å². The van der Waals surface area contributed by atoms with E-state index in [1.807, 2.05) is 24.3 Å². The van der Waals surface area contributed by atoms with Gasteiger partial charge in [0.25, 0.3) is 5.91 Å². The second kappa shape index (κ2) is 6.46. The normalized spacial score (nSPS) is 18.1. The van der Waals surface area contributed by atoms with Crippen molar-refractivity contribution in [1.29, 1.82) is 0 Å². The lowest BCUT2D eigenvalue weighted by molar-refractivity contribution is -0.124. The number of hydrogen-bond acceptors (Lipinski definition) is 6. The molecule has 1 aromatic carbocycles. The van der Waals surface area contributed by atoms with E-state index in [4.69, 9.17) is 0 Å². The van der Waals surface area contributed by atoms with Crippen LogP contribution < -0.4 is 10.3 Å². The summed E-state index contributed by atoms with van der Waals surface area (Å²) in [7, 11) is 0. The number of carbonyl (C=O) groups excluding carboxylic acids is 2. The number of piperazine rings is 1. The molecule has 2 aliphatic heterocycles. The van der Waals surface area contributed by atoms with Gasteiger partial charge >= 0.3 is 0 Å². The van der Waals surface area contributed by atoms with Crippen molar-refractivity contribution >= 4 is 34.2 Å². The average molecular weight is 338 g/mol. The van der Waals surface area contributed by atoms with Crippen LogP contribution in [0.5, 0.6) is 0 Å². The van der Waals surface area contributed by atoms with E-state index in [2.05, 4.69) is 25.4 Å². The fourth-order valence-electron chi connectivity index (χ4n) is 3.17. The lowest BCUT2D eigenvalue weighted by Gasteiger charge is -2.36. The molecular formula is C17H18N6O2. The quantitative estimate of drug-likeness (QED) is 0.863. The molecule has 0 spiro atoms. The van der Waals surface area contributed by atoms with Gasteiger partial charge in [0.1, 0.15) is 17.9 Å². The Kier molecular flexibility index (Phi) is 4.01. The van der Waals surface area contributed by atoms with Crippen molar-refractivity contribution in [2.75, 3.05) is 31.1 Å². The summed E-state index contributed by atoms with van der Waals surface area (Å²) in [6.07, 6.45) is 2.30. The second-order valence-corrected chi connectivity index (χ2v) is 6.09. The maximum Gasteiger partial charge on any atom is 0.270 e. The molecule has 128 valence electrons. The third-order valence-corrected chi connectivity index (χ3v) is 4.54. The Morgan fingerprint density at radius 2 is 1.84 bits per heavy atom. The Bertz CT molecular complexity index is 852.